The van der Waals surface area contributed by atoms with Gasteiger partial charge in [0.25, 0.3) is 11.5 Å². The second-order valence-corrected chi connectivity index (χ2v) is 14.4. The van der Waals surface area contributed by atoms with Gasteiger partial charge in [-0.05, 0) is 41.0 Å². The molecule has 4 heterocycles. The van der Waals surface area contributed by atoms with Crippen molar-refractivity contribution in [2.75, 3.05) is 82.2 Å². The van der Waals surface area contributed by atoms with E-state index in [0.717, 1.165) is 22.4 Å². The monoisotopic (exact) mass is 844 g/mol. The van der Waals surface area contributed by atoms with Crippen molar-refractivity contribution in [2.24, 2.45) is 4.99 Å². The van der Waals surface area contributed by atoms with Crippen LogP contribution < -0.4 is 21.5 Å². The molecule has 19 heteroatoms. The smallest absolute Gasteiger partial charge is 0.329 e. The second kappa shape index (κ2) is 20.9. The number of fused-ring (bicyclic) bond motifs is 1. The summed E-state index contributed by atoms with van der Waals surface area (Å²) in [6, 6.07) is 18.3. The van der Waals surface area contributed by atoms with Crippen molar-refractivity contribution in [3.63, 3.8) is 0 Å². The lowest BCUT2D eigenvalue weighted by Gasteiger charge is -2.34. The average Bonchev–Trinajstić information content (AvgIpc) is 3.69. The first kappa shape index (κ1) is 43.0. The van der Waals surface area contributed by atoms with Crippen molar-refractivity contribution >= 4 is 52.5 Å². The highest BCUT2D eigenvalue weighted by Crippen LogP contribution is 2.28. The molecule has 18 nitrogen and oxygen atoms in total. The van der Waals surface area contributed by atoms with E-state index in [-0.39, 0.29) is 55.5 Å². The third-order valence-corrected chi connectivity index (χ3v) is 9.96. The number of carbonyl (C=O) groups excluding carboxylic acids is 2. The number of ether oxygens (including phenoxy) is 3. The molecule has 2 aromatic heterocycles. The fraction of sp³-hybridized carbons (Fsp3) is 0.326. The minimum Gasteiger partial charge on any atom is -0.462 e. The molecule has 5 aromatic rings. The number of halogens is 1. The van der Waals surface area contributed by atoms with Crippen LogP contribution in [-0.2, 0) is 38.4 Å². The van der Waals surface area contributed by atoms with Crippen molar-refractivity contribution in [3.05, 3.63) is 129 Å². The van der Waals surface area contributed by atoms with Crippen molar-refractivity contribution in [2.45, 2.75) is 25.4 Å². The van der Waals surface area contributed by atoms with Gasteiger partial charge in [-0.1, -0.05) is 42.5 Å². The lowest BCUT2D eigenvalue weighted by atomic mass is 10.1. The second-order valence-electron chi connectivity index (χ2n) is 14.4. The number of amides is 1. The molecule has 0 spiro atoms. The first-order valence-corrected chi connectivity index (χ1v) is 20.0. The summed E-state index contributed by atoms with van der Waals surface area (Å²) >= 11 is 0. The maximum Gasteiger partial charge on any atom is 0.329 e. The minimum atomic E-state index is -0.941. The average molecular weight is 845 g/mol. The molecule has 0 bridgehead atoms. The lowest BCUT2D eigenvalue weighted by Crippen LogP contribution is -2.49. The molecule has 0 unspecified atom stereocenters. The summed E-state index contributed by atoms with van der Waals surface area (Å²) in [5, 5.41) is 9.66. The van der Waals surface area contributed by atoms with Crippen LogP contribution in [0.5, 0.6) is 0 Å². The number of anilines is 4. The maximum atomic E-state index is 13.9. The number of nitrogens with zero attached hydrogens (tertiary/aromatic N) is 8. The largest absolute Gasteiger partial charge is 0.462 e. The molecule has 1 saturated heterocycles. The van der Waals surface area contributed by atoms with Gasteiger partial charge in [0.2, 0.25) is 17.8 Å². The number of aromatic nitrogens is 5. The van der Waals surface area contributed by atoms with E-state index >= 15 is 0 Å². The van der Waals surface area contributed by atoms with Crippen LogP contribution in [0.4, 0.5) is 39.3 Å². The van der Waals surface area contributed by atoms with Crippen LogP contribution in [0, 0.1) is 12.4 Å². The number of esters is 1. The summed E-state index contributed by atoms with van der Waals surface area (Å²) in [6.07, 6.45) is 3.51. The van der Waals surface area contributed by atoms with Crippen molar-refractivity contribution < 1.29 is 28.2 Å². The zero-order valence-corrected chi connectivity index (χ0v) is 34.0. The van der Waals surface area contributed by atoms with Gasteiger partial charge in [-0.3, -0.25) is 19.5 Å². The number of nitrogens with one attached hydrogen (secondary N) is 4. The zero-order valence-electron chi connectivity index (χ0n) is 34.0. The van der Waals surface area contributed by atoms with E-state index in [1.165, 1.54) is 24.5 Å². The Kier molecular flexibility index (Phi) is 14.5. The Hall–Kier alpha value is -7.14. The number of H-pyrrole nitrogens is 1. The molecule has 1 fully saturated rings. The number of rotatable bonds is 19. The molecule has 4 N–H and O–H groups in total. The van der Waals surface area contributed by atoms with Crippen LogP contribution in [0.1, 0.15) is 27.2 Å². The van der Waals surface area contributed by atoms with E-state index in [0.29, 0.717) is 69.4 Å². The number of methoxy groups -OCH3 is 1. The topological polar surface area (TPSA) is 206 Å². The number of carbonyl (C=O) groups is 2. The van der Waals surface area contributed by atoms with Gasteiger partial charge in [-0.2, -0.15) is 15.0 Å². The highest BCUT2D eigenvalue weighted by molar-refractivity contribution is 5.96. The highest BCUT2D eigenvalue weighted by atomic mass is 19.1. The van der Waals surface area contributed by atoms with Crippen LogP contribution in [0.25, 0.3) is 4.85 Å². The summed E-state index contributed by atoms with van der Waals surface area (Å²) in [6.45, 7) is 11.2. The third-order valence-electron chi connectivity index (χ3n) is 9.96. The molecule has 62 heavy (non-hydrogen) atoms. The van der Waals surface area contributed by atoms with Crippen molar-refractivity contribution in [1.29, 1.82) is 0 Å². The van der Waals surface area contributed by atoms with Gasteiger partial charge in [0.1, 0.15) is 18.5 Å². The van der Waals surface area contributed by atoms with Crippen LogP contribution in [-0.4, -0.2) is 125 Å². The van der Waals surface area contributed by atoms with E-state index in [2.05, 4.69) is 55.6 Å². The van der Waals surface area contributed by atoms with Crippen molar-refractivity contribution in [1.82, 2.24) is 34.7 Å². The zero-order chi connectivity index (χ0) is 43.3. The summed E-state index contributed by atoms with van der Waals surface area (Å²) in [5.41, 5.74) is 4.55. The quantitative estimate of drug-likeness (QED) is 0.0520. The van der Waals surface area contributed by atoms with Gasteiger partial charge < -0.3 is 40.0 Å². The Balaban J connectivity index is 1.07. The Morgan fingerprint density at radius 3 is 2.52 bits per heavy atom. The van der Waals surface area contributed by atoms with Crippen LogP contribution in [0.3, 0.4) is 0 Å². The highest BCUT2D eigenvalue weighted by Gasteiger charge is 2.26. The lowest BCUT2D eigenvalue weighted by molar-refractivity contribution is -0.146. The number of hydrogen-bond acceptors (Lipinski definition) is 15. The summed E-state index contributed by atoms with van der Waals surface area (Å²) < 4.78 is 30.0. The van der Waals surface area contributed by atoms with Gasteiger partial charge >= 0.3 is 5.97 Å². The summed E-state index contributed by atoms with van der Waals surface area (Å²) in [5.74, 6) is -0.873. The Morgan fingerprint density at radius 1 is 0.935 bits per heavy atom. The molecule has 0 aliphatic carbocycles. The standard InChI is InChI=1S/C43H45FN12O6/c1-45-32-10-6-28(7-11-32)23-36(40(59)62-21-20-61-19-18-60-2)51-43-53-41(48-26-34-24-30-8-9-31(44)25-35(30)49-34)52-42(54-43)50-33-5-3-4-29(22-33)27-55-14-16-56(17-15-55)39(58)37-38(57)47-13-12-46-37/h3-13,22,25,36H,14-21,23-24,26-27H2,2H3,(H,47,57)(H3,48,50,51,52,53,54)/t36-/m0/s1. The van der Waals surface area contributed by atoms with Crippen LogP contribution >= 0.6 is 0 Å². The van der Waals surface area contributed by atoms with Crippen molar-refractivity contribution in [3.8, 4) is 0 Å². The summed E-state index contributed by atoms with van der Waals surface area (Å²) in [7, 11) is 1.57. The molecule has 2 aliphatic heterocycles. The molecule has 0 radical (unpaired) electrons. The van der Waals surface area contributed by atoms with E-state index in [1.807, 2.05) is 24.3 Å². The van der Waals surface area contributed by atoms with E-state index in [9.17, 15) is 18.8 Å². The molecule has 3 aromatic carbocycles. The number of benzene rings is 3. The Morgan fingerprint density at radius 2 is 1.73 bits per heavy atom. The SMILES string of the molecule is [C-]#[N+]c1ccc(C[C@H](Nc2nc(NCC3=Nc4cc(F)ccc4C3)nc(Nc3cccc(CN4CCN(C(=O)c5ncc[nH]c5=O)CC4)c3)n2)C(=O)OCCOCCOC)cc1. The molecular formula is C43H45FN12O6. The maximum absolute atomic E-state index is 13.9. The molecule has 2 aliphatic rings. The summed E-state index contributed by atoms with van der Waals surface area (Å²) in [4.78, 5) is 70.9. The first-order chi connectivity index (χ1) is 30.2. The number of hydrogen-bond donors (Lipinski definition) is 4. The fourth-order valence-corrected chi connectivity index (χ4v) is 6.81. The minimum absolute atomic E-state index is 0.0129. The van der Waals surface area contributed by atoms with Gasteiger partial charge in [-0.25, -0.2) is 19.0 Å². The van der Waals surface area contributed by atoms with Gasteiger partial charge in [0.05, 0.1) is 38.6 Å². The molecule has 7 rings (SSSR count). The predicted octanol–water partition coefficient (Wildman–Crippen LogP) is 4.32. The molecule has 1 amide bonds. The normalized spacial score (nSPS) is 14.0. The molecule has 1 atom stereocenters. The van der Waals surface area contributed by atoms with Crippen LogP contribution in [0.2, 0.25) is 0 Å². The van der Waals surface area contributed by atoms with E-state index in [4.69, 9.17) is 20.8 Å². The van der Waals surface area contributed by atoms with E-state index in [1.54, 1.807) is 42.3 Å². The molecular weight excluding hydrogens is 800 g/mol. The van der Waals surface area contributed by atoms with Gasteiger partial charge in [0.15, 0.2) is 11.4 Å². The third kappa shape index (κ3) is 11.8. The predicted molar refractivity (Wildman–Crippen MR) is 229 cm³/mol. The number of aromatic amines is 1. The Labute approximate surface area is 356 Å². The number of piperazine rings is 1. The first-order valence-electron chi connectivity index (χ1n) is 20.0. The van der Waals surface area contributed by atoms with Gasteiger partial charge in [-0.15, -0.1) is 0 Å². The fourth-order valence-electron chi connectivity index (χ4n) is 6.81. The molecule has 0 saturated carbocycles. The Bertz CT molecular complexity index is 2490. The molecule has 320 valence electrons. The number of aliphatic imine (C=N–C) groups is 1. The van der Waals surface area contributed by atoms with E-state index < -0.39 is 23.5 Å². The van der Waals surface area contributed by atoms with Crippen LogP contribution in [0.15, 0.2) is 88.9 Å². The van der Waals surface area contributed by atoms with Gasteiger partial charge in [0, 0.05) is 76.5 Å².